The van der Waals surface area contributed by atoms with Gasteiger partial charge in [0.25, 0.3) is 0 Å². The maximum atomic E-state index is 3.73. The quantitative estimate of drug-likeness (QED) is 0.725. The van der Waals surface area contributed by atoms with Crippen LogP contribution >= 0.6 is 15.9 Å². The third-order valence-electron chi connectivity index (χ3n) is 4.13. The first-order chi connectivity index (χ1) is 8.62. The van der Waals surface area contributed by atoms with Crippen molar-refractivity contribution in [2.75, 3.05) is 18.0 Å². The van der Waals surface area contributed by atoms with Crippen molar-refractivity contribution in [3.63, 3.8) is 0 Å². The SMILES string of the molecule is CCCC1(CCC)CN(c2cccc(C)c2Br)C1. The van der Waals surface area contributed by atoms with E-state index >= 15 is 0 Å². The summed E-state index contributed by atoms with van der Waals surface area (Å²) in [4.78, 5) is 2.53. The highest BCUT2D eigenvalue weighted by Crippen LogP contribution is 2.44. The molecule has 0 bridgehead atoms. The zero-order valence-electron chi connectivity index (χ0n) is 11.8. The van der Waals surface area contributed by atoms with Gasteiger partial charge in [-0.15, -0.1) is 0 Å². The summed E-state index contributed by atoms with van der Waals surface area (Å²) in [7, 11) is 0. The molecule has 18 heavy (non-hydrogen) atoms. The molecule has 0 atom stereocenters. The van der Waals surface area contributed by atoms with Crippen LogP contribution in [0.15, 0.2) is 22.7 Å². The second kappa shape index (κ2) is 5.64. The minimum absolute atomic E-state index is 0.590. The van der Waals surface area contributed by atoms with E-state index in [-0.39, 0.29) is 0 Å². The van der Waals surface area contributed by atoms with Crippen LogP contribution in [0.25, 0.3) is 0 Å². The van der Waals surface area contributed by atoms with E-state index in [1.54, 1.807) is 0 Å². The Labute approximate surface area is 120 Å². The molecule has 100 valence electrons. The van der Waals surface area contributed by atoms with E-state index in [0.717, 1.165) is 0 Å². The van der Waals surface area contributed by atoms with Crippen LogP contribution in [-0.2, 0) is 0 Å². The van der Waals surface area contributed by atoms with E-state index in [9.17, 15) is 0 Å². The molecule has 1 saturated heterocycles. The molecule has 0 amide bonds. The number of aryl methyl sites for hydroxylation is 1. The van der Waals surface area contributed by atoms with Crippen molar-refractivity contribution in [2.24, 2.45) is 5.41 Å². The lowest BCUT2D eigenvalue weighted by molar-refractivity contribution is 0.173. The molecule has 0 radical (unpaired) electrons. The molecule has 0 aliphatic carbocycles. The van der Waals surface area contributed by atoms with E-state index in [4.69, 9.17) is 0 Å². The molecule has 2 rings (SSSR count). The molecule has 0 saturated carbocycles. The Morgan fingerprint density at radius 3 is 2.33 bits per heavy atom. The van der Waals surface area contributed by atoms with Gasteiger partial charge in [-0.1, -0.05) is 38.8 Å². The first-order valence-electron chi connectivity index (χ1n) is 7.12. The van der Waals surface area contributed by atoms with Gasteiger partial charge in [-0.2, -0.15) is 0 Å². The van der Waals surface area contributed by atoms with Crippen LogP contribution in [0.3, 0.4) is 0 Å². The monoisotopic (exact) mass is 309 g/mol. The maximum absolute atomic E-state index is 3.73. The predicted molar refractivity (Wildman–Crippen MR) is 83.3 cm³/mol. The molecule has 2 heteroatoms. The Balaban J connectivity index is 2.09. The molecule has 1 aliphatic rings. The number of nitrogens with zero attached hydrogens (tertiary/aromatic N) is 1. The van der Waals surface area contributed by atoms with E-state index in [1.807, 2.05) is 0 Å². The van der Waals surface area contributed by atoms with Gasteiger partial charge in [-0.25, -0.2) is 0 Å². The minimum Gasteiger partial charge on any atom is -0.369 e. The predicted octanol–water partition coefficient (Wildman–Crippen LogP) is 5.16. The van der Waals surface area contributed by atoms with Crippen LogP contribution in [0.5, 0.6) is 0 Å². The number of benzene rings is 1. The maximum Gasteiger partial charge on any atom is 0.0513 e. The van der Waals surface area contributed by atoms with E-state index in [1.165, 1.54) is 54.5 Å². The third kappa shape index (κ3) is 2.59. The van der Waals surface area contributed by atoms with Crippen LogP contribution in [0.1, 0.15) is 45.1 Å². The highest BCUT2D eigenvalue weighted by atomic mass is 79.9. The van der Waals surface area contributed by atoms with Gasteiger partial charge in [0.05, 0.1) is 5.69 Å². The summed E-state index contributed by atoms with van der Waals surface area (Å²) in [6.07, 6.45) is 5.37. The Morgan fingerprint density at radius 1 is 1.17 bits per heavy atom. The largest absolute Gasteiger partial charge is 0.369 e. The summed E-state index contributed by atoms with van der Waals surface area (Å²) in [5, 5.41) is 0. The van der Waals surface area contributed by atoms with Gasteiger partial charge < -0.3 is 4.90 Å². The van der Waals surface area contributed by atoms with Crippen molar-refractivity contribution in [3.8, 4) is 0 Å². The van der Waals surface area contributed by atoms with E-state index < -0.39 is 0 Å². The van der Waals surface area contributed by atoms with Crippen molar-refractivity contribution in [3.05, 3.63) is 28.2 Å². The van der Waals surface area contributed by atoms with Crippen LogP contribution in [0.4, 0.5) is 5.69 Å². The molecule has 1 nitrogen and oxygen atoms in total. The van der Waals surface area contributed by atoms with Gasteiger partial charge in [0, 0.05) is 23.0 Å². The lowest BCUT2D eigenvalue weighted by atomic mass is 9.72. The number of hydrogen-bond acceptors (Lipinski definition) is 1. The van der Waals surface area contributed by atoms with Crippen molar-refractivity contribution in [2.45, 2.75) is 46.5 Å². The first-order valence-corrected chi connectivity index (χ1v) is 7.91. The van der Waals surface area contributed by atoms with Gasteiger partial charge in [-0.05, 0) is 47.3 Å². The number of halogens is 1. The lowest BCUT2D eigenvalue weighted by Crippen LogP contribution is -2.56. The molecule has 1 fully saturated rings. The molecule has 1 aromatic carbocycles. The van der Waals surface area contributed by atoms with Crippen LogP contribution in [-0.4, -0.2) is 13.1 Å². The fraction of sp³-hybridized carbons (Fsp3) is 0.625. The van der Waals surface area contributed by atoms with Gasteiger partial charge in [-0.3, -0.25) is 0 Å². The average Bonchev–Trinajstić information content (AvgIpc) is 2.30. The summed E-state index contributed by atoms with van der Waals surface area (Å²) in [6, 6.07) is 6.56. The number of hydrogen-bond donors (Lipinski definition) is 0. The Bertz CT molecular complexity index is 400. The average molecular weight is 310 g/mol. The Kier molecular flexibility index (Phi) is 4.37. The third-order valence-corrected chi connectivity index (χ3v) is 5.16. The van der Waals surface area contributed by atoms with Crippen LogP contribution in [0, 0.1) is 12.3 Å². The van der Waals surface area contributed by atoms with E-state index in [2.05, 4.69) is 59.8 Å². The summed E-state index contributed by atoms with van der Waals surface area (Å²) in [5.41, 5.74) is 3.29. The minimum atomic E-state index is 0.590. The molecule has 0 N–H and O–H groups in total. The molecule has 0 unspecified atom stereocenters. The molecule has 1 heterocycles. The zero-order valence-corrected chi connectivity index (χ0v) is 13.4. The van der Waals surface area contributed by atoms with Crippen molar-refractivity contribution < 1.29 is 0 Å². The van der Waals surface area contributed by atoms with Crippen LogP contribution < -0.4 is 4.90 Å². The van der Waals surface area contributed by atoms with Gasteiger partial charge in [0.2, 0.25) is 0 Å². The second-order valence-electron chi connectivity index (χ2n) is 5.76. The summed E-state index contributed by atoms with van der Waals surface area (Å²) >= 11 is 3.73. The normalized spacial score (nSPS) is 17.7. The first kappa shape index (κ1) is 13.9. The van der Waals surface area contributed by atoms with Crippen molar-refractivity contribution >= 4 is 21.6 Å². The molecule has 1 aromatic rings. The topological polar surface area (TPSA) is 3.24 Å². The lowest BCUT2D eigenvalue weighted by Gasteiger charge is -2.52. The molecule has 1 aliphatic heterocycles. The molecular formula is C16H24BrN. The number of rotatable bonds is 5. The second-order valence-corrected chi connectivity index (χ2v) is 6.56. The molecular weight excluding hydrogens is 286 g/mol. The Morgan fingerprint density at radius 2 is 1.78 bits per heavy atom. The van der Waals surface area contributed by atoms with Crippen molar-refractivity contribution in [1.82, 2.24) is 0 Å². The standard InChI is InChI=1S/C16H24BrN/c1-4-9-16(10-5-2)11-18(12-16)14-8-6-7-13(3)15(14)17/h6-8H,4-5,9-12H2,1-3H3. The summed E-state index contributed by atoms with van der Waals surface area (Å²) in [6.45, 7) is 9.25. The van der Waals surface area contributed by atoms with E-state index in [0.29, 0.717) is 5.41 Å². The van der Waals surface area contributed by atoms with Crippen molar-refractivity contribution in [1.29, 1.82) is 0 Å². The fourth-order valence-corrected chi connectivity index (χ4v) is 3.83. The molecule has 0 aromatic heterocycles. The van der Waals surface area contributed by atoms with Gasteiger partial charge >= 0.3 is 0 Å². The summed E-state index contributed by atoms with van der Waals surface area (Å²) < 4.78 is 1.27. The Hall–Kier alpha value is -0.500. The van der Waals surface area contributed by atoms with Gasteiger partial charge in [0.15, 0.2) is 0 Å². The fourth-order valence-electron chi connectivity index (χ4n) is 3.31. The highest BCUT2D eigenvalue weighted by Gasteiger charge is 2.41. The summed E-state index contributed by atoms with van der Waals surface area (Å²) in [5.74, 6) is 0. The van der Waals surface area contributed by atoms with Gasteiger partial charge in [0.1, 0.15) is 0 Å². The smallest absolute Gasteiger partial charge is 0.0513 e. The number of anilines is 1. The van der Waals surface area contributed by atoms with Crippen LogP contribution in [0.2, 0.25) is 0 Å². The highest BCUT2D eigenvalue weighted by molar-refractivity contribution is 9.10. The molecule has 0 spiro atoms. The zero-order chi connectivity index (χ0) is 13.2.